The second kappa shape index (κ2) is 11.2. The van der Waals surface area contributed by atoms with Crippen molar-refractivity contribution in [3.05, 3.63) is 118 Å². The molecule has 10 heteroatoms. The maximum Gasteiger partial charge on any atom is 0.296 e. The summed E-state index contributed by atoms with van der Waals surface area (Å²) in [6.07, 6.45) is 0. The summed E-state index contributed by atoms with van der Waals surface area (Å²) in [5.41, 5.74) is 2.18. The average molecular weight is 595 g/mol. The zero-order chi connectivity index (χ0) is 30.2. The van der Waals surface area contributed by atoms with Crippen LogP contribution in [0.25, 0.3) is 11.0 Å². The lowest BCUT2D eigenvalue weighted by Crippen LogP contribution is -2.31. The first-order chi connectivity index (χ1) is 20.8. The number of rotatable bonds is 9. The maximum atomic E-state index is 14.0. The van der Waals surface area contributed by atoms with Crippen molar-refractivity contribution >= 4 is 44.9 Å². The summed E-state index contributed by atoms with van der Waals surface area (Å²) in [7, 11) is 1.50. The molecule has 0 saturated carbocycles. The van der Waals surface area contributed by atoms with Crippen LogP contribution in [0.15, 0.2) is 94.6 Å². The molecule has 1 aliphatic heterocycles. The molecule has 43 heavy (non-hydrogen) atoms. The molecule has 1 amide bonds. The molecule has 0 spiro atoms. The zero-order valence-electron chi connectivity index (χ0n) is 23.5. The molecule has 1 unspecified atom stereocenters. The highest BCUT2D eigenvalue weighted by atomic mass is 32.1. The highest BCUT2D eigenvalue weighted by Crippen LogP contribution is 2.44. The van der Waals surface area contributed by atoms with Crippen LogP contribution in [0.2, 0.25) is 0 Å². The van der Waals surface area contributed by atoms with Gasteiger partial charge >= 0.3 is 0 Å². The largest absolute Gasteiger partial charge is 0.503 e. The molecule has 9 nitrogen and oxygen atoms in total. The number of benzene rings is 3. The fourth-order valence-corrected chi connectivity index (χ4v) is 6.08. The van der Waals surface area contributed by atoms with Gasteiger partial charge in [0.15, 0.2) is 33.8 Å². The number of ether oxygens (including phenoxy) is 2. The smallest absolute Gasteiger partial charge is 0.296 e. The lowest BCUT2D eigenvalue weighted by atomic mass is 9.95. The van der Waals surface area contributed by atoms with E-state index in [0.29, 0.717) is 45.2 Å². The van der Waals surface area contributed by atoms with Crippen molar-refractivity contribution in [2.45, 2.75) is 26.5 Å². The first kappa shape index (κ1) is 27.9. The number of carbonyl (C=O) groups is 3. The summed E-state index contributed by atoms with van der Waals surface area (Å²) in [4.78, 5) is 45.9. The predicted molar refractivity (Wildman–Crippen MR) is 161 cm³/mol. The molecule has 0 bridgehead atoms. The summed E-state index contributed by atoms with van der Waals surface area (Å²) >= 11 is 1.03. The minimum absolute atomic E-state index is 0.0664. The number of anilines is 1. The number of aliphatic hydroxyl groups is 1. The lowest BCUT2D eigenvalue weighted by Gasteiger charge is -2.24. The molecule has 216 valence electrons. The number of Topliss-reactive ketones (excluding diaryl/α,β-unsaturated/α-hetero) is 2. The van der Waals surface area contributed by atoms with E-state index in [4.69, 9.17) is 13.9 Å². The quantitative estimate of drug-likeness (QED) is 0.186. The number of hydrogen-bond donors (Lipinski definition) is 1. The highest BCUT2D eigenvalue weighted by molar-refractivity contribution is 7.17. The van der Waals surface area contributed by atoms with Crippen molar-refractivity contribution in [2.24, 2.45) is 0 Å². The number of ketones is 2. The molecular weight excluding hydrogens is 568 g/mol. The van der Waals surface area contributed by atoms with Crippen molar-refractivity contribution < 1.29 is 33.4 Å². The van der Waals surface area contributed by atoms with Crippen LogP contribution in [0.4, 0.5) is 5.13 Å². The van der Waals surface area contributed by atoms with Crippen LogP contribution in [0, 0.1) is 6.92 Å². The molecule has 2 aromatic heterocycles. The normalized spacial score (nSPS) is 14.9. The van der Waals surface area contributed by atoms with Crippen molar-refractivity contribution in [1.82, 2.24) is 4.98 Å². The van der Waals surface area contributed by atoms with Gasteiger partial charge in [-0.05, 0) is 42.3 Å². The minimum Gasteiger partial charge on any atom is -0.503 e. The third-order valence-corrected chi connectivity index (χ3v) is 8.42. The summed E-state index contributed by atoms with van der Waals surface area (Å²) in [5, 5.41) is 12.0. The van der Waals surface area contributed by atoms with Gasteiger partial charge in [0.05, 0.1) is 29.3 Å². The fraction of sp³-hybridized carbons (Fsp3) is 0.152. The highest BCUT2D eigenvalue weighted by Gasteiger charge is 2.47. The molecule has 0 saturated heterocycles. The van der Waals surface area contributed by atoms with Gasteiger partial charge in [-0.3, -0.25) is 19.3 Å². The summed E-state index contributed by atoms with van der Waals surface area (Å²) in [6, 6.07) is 22.4. The van der Waals surface area contributed by atoms with Crippen LogP contribution >= 0.6 is 11.3 Å². The van der Waals surface area contributed by atoms with Gasteiger partial charge < -0.3 is 19.0 Å². The van der Waals surface area contributed by atoms with E-state index in [-0.39, 0.29) is 22.2 Å². The average Bonchev–Trinajstić information content (AvgIpc) is 3.70. The molecule has 5 aromatic rings. The number of hydrogen-bond acceptors (Lipinski definition) is 9. The molecule has 3 aromatic carbocycles. The summed E-state index contributed by atoms with van der Waals surface area (Å²) < 4.78 is 17.2. The van der Waals surface area contributed by atoms with E-state index < -0.39 is 23.5 Å². The van der Waals surface area contributed by atoms with E-state index in [9.17, 15) is 19.5 Å². The van der Waals surface area contributed by atoms with E-state index in [0.717, 1.165) is 16.9 Å². The van der Waals surface area contributed by atoms with Crippen LogP contribution in [0.1, 0.15) is 50.0 Å². The number of aryl methyl sites for hydroxylation is 1. The number of carbonyl (C=O) groups excluding carboxylic acids is 3. The van der Waals surface area contributed by atoms with E-state index >= 15 is 0 Å². The molecule has 1 atom stereocenters. The number of aromatic nitrogens is 1. The van der Waals surface area contributed by atoms with Crippen LogP contribution in [0.5, 0.6) is 11.5 Å². The second-order valence-electron chi connectivity index (χ2n) is 9.97. The standard InChI is InChI=1S/C33H26N2O7S/c1-18-31(19(2)36)43-33(34-18)35-27(21-12-14-23(15-13-21)41-17-20-8-5-4-6-9-20)26(29(38)32(35)39)28(37)25-16-22-10-7-11-24(40-3)30(22)42-25/h4-16,27,38H,17H2,1-3H3. The molecule has 0 aliphatic carbocycles. The minimum atomic E-state index is -1.05. The number of nitrogens with zero attached hydrogens (tertiary/aromatic N) is 2. The molecule has 3 heterocycles. The van der Waals surface area contributed by atoms with Gasteiger partial charge in [0, 0.05) is 12.3 Å². The Balaban J connectivity index is 1.41. The molecule has 1 aliphatic rings. The van der Waals surface area contributed by atoms with Gasteiger partial charge in [-0.15, -0.1) is 0 Å². The second-order valence-corrected chi connectivity index (χ2v) is 10.9. The van der Waals surface area contributed by atoms with Crippen LogP contribution < -0.4 is 14.4 Å². The number of aliphatic hydroxyl groups excluding tert-OH is 1. The first-order valence-corrected chi connectivity index (χ1v) is 14.2. The Morgan fingerprint density at radius 2 is 1.79 bits per heavy atom. The van der Waals surface area contributed by atoms with Crippen molar-refractivity contribution in [3.63, 3.8) is 0 Å². The van der Waals surface area contributed by atoms with Gasteiger partial charge in [0.1, 0.15) is 12.4 Å². The number of furan rings is 1. The third-order valence-electron chi connectivity index (χ3n) is 7.16. The van der Waals surface area contributed by atoms with Gasteiger partial charge in [0.2, 0.25) is 5.78 Å². The van der Waals surface area contributed by atoms with Crippen LogP contribution in [-0.4, -0.2) is 34.7 Å². The maximum absolute atomic E-state index is 14.0. The molecule has 6 rings (SSSR count). The third kappa shape index (κ3) is 5.06. The Bertz CT molecular complexity index is 1900. The Morgan fingerprint density at radius 1 is 1.05 bits per heavy atom. The van der Waals surface area contributed by atoms with Gasteiger partial charge in [-0.1, -0.05) is 65.9 Å². The Kier molecular flexibility index (Phi) is 7.29. The zero-order valence-corrected chi connectivity index (χ0v) is 24.3. The molecule has 0 radical (unpaired) electrons. The van der Waals surface area contributed by atoms with E-state index in [2.05, 4.69) is 4.98 Å². The molecular formula is C33H26N2O7S. The monoisotopic (exact) mass is 594 g/mol. The van der Waals surface area contributed by atoms with Crippen LogP contribution in [0.3, 0.4) is 0 Å². The van der Waals surface area contributed by atoms with Crippen molar-refractivity contribution in [3.8, 4) is 11.5 Å². The Labute approximate surface area is 250 Å². The number of para-hydroxylation sites is 1. The number of amides is 1. The topological polar surface area (TPSA) is 119 Å². The summed E-state index contributed by atoms with van der Waals surface area (Å²) in [5.74, 6) is -1.44. The van der Waals surface area contributed by atoms with Gasteiger partial charge in [-0.2, -0.15) is 0 Å². The van der Waals surface area contributed by atoms with Crippen molar-refractivity contribution in [2.75, 3.05) is 12.0 Å². The predicted octanol–water partition coefficient (Wildman–Crippen LogP) is 6.77. The van der Waals surface area contributed by atoms with Gasteiger partial charge in [-0.25, -0.2) is 4.98 Å². The van der Waals surface area contributed by atoms with Crippen LogP contribution in [-0.2, 0) is 11.4 Å². The Morgan fingerprint density at radius 3 is 2.47 bits per heavy atom. The lowest BCUT2D eigenvalue weighted by molar-refractivity contribution is -0.117. The molecule has 1 N–H and O–H groups in total. The van der Waals surface area contributed by atoms with Crippen molar-refractivity contribution in [1.29, 1.82) is 0 Å². The van der Waals surface area contributed by atoms with E-state index in [1.54, 1.807) is 55.5 Å². The fourth-order valence-electron chi connectivity index (χ4n) is 5.09. The first-order valence-electron chi connectivity index (χ1n) is 13.4. The number of thiazole rings is 1. The van der Waals surface area contributed by atoms with Gasteiger partial charge in [0.25, 0.3) is 5.91 Å². The van der Waals surface area contributed by atoms with E-state index in [1.165, 1.54) is 18.9 Å². The number of methoxy groups -OCH3 is 1. The SMILES string of the molecule is COc1cccc2cc(C(=O)C3=C(O)C(=O)N(c4nc(C)c(C(C)=O)s4)C3c3ccc(OCc4ccccc4)cc3)oc12. The summed E-state index contributed by atoms with van der Waals surface area (Å²) in [6.45, 7) is 3.45. The number of fused-ring (bicyclic) bond motifs is 1. The molecule has 0 fully saturated rings. The Hall–Kier alpha value is -5.22. The van der Waals surface area contributed by atoms with E-state index in [1.807, 2.05) is 30.3 Å².